The van der Waals surface area contributed by atoms with Crippen molar-refractivity contribution in [3.05, 3.63) is 0 Å². The zero-order valence-electron chi connectivity index (χ0n) is 11.5. The van der Waals surface area contributed by atoms with Gasteiger partial charge in [0.05, 0.1) is 30.7 Å². The topological polar surface area (TPSA) is 27.7 Å². The molecule has 0 N–H and O–H groups in total. The average Bonchev–Trinajstić information content (AvgIpc) is 2.18. The highest BCUT2D eigenvalue weighted by molar-refractivity contribution is 8.21. The van der Waals surface area contributed by atoms with Crippen LogP contribution in [0.1, 0.15) is 47.5 Å². The summed E-state index contributed by atoms with van der Waals surface area (Å²) in [5.41, 5.74) is 0. The molecule has 0 fully saturated rings. The average molecular weight is 252 g/mol. The lowest BCUT2D eigenvalue weighted by atomic mass is 10.1. The first-order valence-electron chi connectivity index (χ1n) is 6.38. The highest BCUT2D eigenvalue weighted by Crippen LogP contribution is 2.53. The van der Waals surface area contributed by atoms with E-state index < -0.39 is 10.9 Å². The van der Waals surface area contributed by atoms with Crippen molar-refractivity contribution < 1.29 is 12.5 Å². The fraction of sp³-hybridized carbons (Fsp3) is 1.00. The van der Waals surface area contributed by atoms with Crippen LogP contribution >= 0.6 is 10.9 Å². The predicted molar refractivity (Wildman–Crippen MR) is 71.4 cm³/mol. The van der Waals surface area contributed by atoms with Gasteiger partial charge in [0.2, 0.25) is 0 Å². The van der Waals surface area contributed by atoms with Crippen molar-refractivity contribution in [3.8, 4) is 0 Å². The molecule has 0 saturated heterocycles. The standard InChI is InChI=1S/C12H28O3S/c1-6-10-12(5)11-16(13-7-2,14-8-3)15-9-4/h12H,6-11H2,1-5H3. The zero-order chi connectivity index (χ0) is 12.4. The molecule has 0 heterocycles. The van der Waals surface area contributed by atoms with Crippen LogP contribution in [0, 0.1) is 5.92 Å². The molecular formula is C12H28O3S. The van der Waals surface area contributed by atoms with E-state index in [1.54, 1.807) is 0 Å². The molecule has 0 aromatic carbocycles. The van der Waals surface area contributed by atoms with Crippen LogP contribution in [-0.2, 0) is 12.5 Å². The van der Waals surface area contributed by atoms with Gasteiger partial charge >= 0.3 is 0 Å². The summed E-state index contributed by atoms with van der Waals surface area (Å²) in [6, 6.07) is 0. The van der Waals surface area contributed by atoms with E-state index in [1.807, 2.05) is 20.8 Å². The Labute approximate surface area is 103 Å². The van der Waals surface area contributed by atoms with Crippen LogP contribution < -0.4 is 0 Å². The molecule has 0 bridgehead atoms. The molecule has 3 nitrogen and oxygen atoms in total. The maximum atomic E-state index is 5.77. The molecule has 0 saturated carbocycles. The van der Waals surface area contributed by atoms with E-state index >= 15 is 0 Å². The summed E-state index contributed by atoms with van der Waals surface area (Å²) < 4.78 is 17.3. The van der Waals surface area contributed by atoms with Crippen molar-refractivity contribution in [2.45, 2.75) is 47.5 Å². The van der Waals surface area contributed by atoms with Crippen LogP contribution in [0.4, 0.5) is 0 Å². The maximum absolute atomic E-state index is 5.77. The Morgan fingerprint density at radius 1 is 0.875 bits per heavy atom. The molecule has 0 aromatic heterocycles. The van der Waals surface area contributed by atoms with E-state index in [4.69, 9.17) is 12.5 Å². The first kappa shape index (κ1) is 16.2. The van der Waals surface area contributed by atoms with Gasteiger partial charge in [0.1, 0.15) is 0 Å². The molecule has 0 aliphatic rings. The summed E-state index contributed by atoms with van der Waals surface area (Å²) in [5, 5.41) is 0. The van der Waals surface area contributed by atoms with Crippen LogP contribution in [0.15, 0.2) is 0 Å². The van der Waals surface area contributed by atoms with Gasteiger partial charge in [-0.05, 0) is 33.1 Å². The van der Waals surface area contributed by atoms with E-state index in [9.17, 15) is 0 Å². The second-order valence-corrected chi connectivity index (χ2v) is 5.99. The first-order chi connectivity index (χ1) is 7.64. The first-order valence-corrected chi connectivity index (χ1v) is 7.95. The van der Waals surface area contributed by atoms with Crippen LogP contribution in [0.2, 0.25) is 0 Å². The Bertz CT molecular complexity index is 147. The normalized spacial score (nSPS) is 15.1. The van der Waals surface area contributed by atoms with Gasteiger partial charge in [-0.15, -0.1) is 0 Å². The molecule has 0 spiro atoms. The Morgan fingerprint density at radius 2 is 1.31 bits per heavy atom. The quantitative estimate of drug-likeness (QED) is 0.586. The molecule has 4 heteroatoms. The van der Waals surface area contributed by atoms with Crippen molar-refractivity contribution in [2.75, 3.05) is 25.6 Å². The minimum absolute atomic E-state index is 0.588. The van der Waals surface area contributed by atoms with Gasteiger partial charge in [0.25, 0.3) is 0 Å². The lowest BCUT2D eigenvalue weighted by molar-refractivity contribution is 0.182. The molecule has 0 rings (SSSR count). The summed E-state index contributed by atoms with van der Waals surface area (Å²) in [5.74, 6) is 1.47. The molecule has 0 aliphatic heterocycles. The smallest absolute Gasteiger partial charge is 0.0889 e. The van der Waals surface area contributed by atoms with Crippen molar-refractivity contribution in [3.63, 3.8) is 0 Å². The Kier molecular flexibility index (Phi) is 9.41. The largest absolute Gasteiger partial charge is 0.293 e. The molecular weight excluding hydrogens is 224 g/mol. The Hall–Kier alpha value is 0.230. The van der Waals surface area contributed by atoms with E-state index in [0.29, 0.717) is 25.7 Å². The molecule has 0 aliphatic carbocycles. The van der Waals surface area contributed by atoms with E-state index in [-0.39, 0.29) is 0 Å². The van der Waals surface area contributed by atoms with Crippen molar-refractivity contribution in [1.29, 1.82) is 0 Å². The third kappa shape index (κ3) is 6.09. The molecule has 1 atom stereocenters. The Morgan fingerprint density at radius 3 is 1.62 bits per heavy atom. The molecule has 0 radical (unpaired) electrons. The van der Waals surface area contributed by atoms with Crippen LogP contribution in [-0.4, -0.2) is 25.6 Å². The molecule has 0 aromatic rings. The van der Waals surface area contributed by atoms with E-state index in [2.05, 4.69) is 13.8 Å². The van der Waals surface area contributed by atoms with Gasteiger partial charge in [0.15, 0.2) is 0 Å². The fourth-order valence-electron chi connectivity index (χ4n) is 1.71. The van der Waals surface area contributed by atoms with E-state index in [1.165, 1.54) is 12.8 Å². The van der Waals surface area contributed by atoms with E-state index in [0.717, 1.165) is 5.75 Å². The monoisotopic (exact) mass is 252 g/mol. The van der Waals surface area contributed by atoms with Crippen molar-refractivity contribution in [2.24, 2.45) is 5.92 Å². The highest BCUT2D eigenvalue weighted by atomic mass is 32.3. The molecule has 100 valence electrons. The SMILES string of the molecule is CCCC(C)CS(OCC)(OCC)OCC. The summed E-state index contributed by atoms with van der Waals surface area (Å²) in [6.45, 7) is 12.4. The number of hydrogen-bond donors (Lipinski definition) is 0. The van der Waals surface area contributed by atoms with Crippen LogP contribution in [0.25, 0.3) is 0 Å². The lowest BCUT2D eigenvalue weighted by Crippen LogP contribution is -2.20. The fourth-order valence-corrected chi connectivity index (χ4v) is 4.14. The maximum Gasteiger partial charge on any atom is 0.0889 e. The minimum atomic E-state index is -1.77. The van der Waals surface area contributed by atoms with Crippen molar-refractivity contribution in [1.82, 2.24) is 0 Å². The Balaban J connectivity index is 4.44. The third-order valence-electron chi connectivity index (χ3n) is 2.16. The molecule has 0 amide bonds. The predicted octanol–water partition coefficient (Wildman–Crippen LogP) is 4.08. The summed E-state index contributed by atoms with van der Waals surface area (Å²) in [4.78, 5) is 0. The van der Waals surface area contributed by atoms with Crippen LogP contribution in [0.5, 0.6) is 0 Å². The van der Waals surface area contributed by atoms with Gasteiger partial charge < -0.3 is 0 Å². The molecule has 1 unspecified atom stereocenters. The second kappa shape index (κ2) is 9.28. The number of hydrogen-bond acceptors (Lipinski definition) is 3. The van der Waals surface area contributed by atoms with Crippen LogP contribution in [0.3, 0.4) is 0 Å². The summed E-state index contributed by atoms with van der Waals surface area (Å²) in [6.07, 6.45) is 2.39. The van der Waals surface area contributed by atoms with Gasteiger partial charge in [-0.25, -0.2) is 0 Å². The van der Waals surface area contributed by atoms with Gasteiger partial charge in [-0.2, -0.15) is 0 Å². The molecule has 16 heavy (non-hydrogen) atoms. The number of rotatable bonds is 10. The second-order valence-electron chi connectivity index (χ2n) is 3.84. The highest BCUT2D eigenvalue weighted by Gasteiger charge is 2.28. The summed E-state index contributed by atoms with van der Waals surface area (Å²) in [7, 11) is -1.77. The van der Waals surface area contributed by atoms with Gasteiger partial charge in [0, 0.05) is 5.75 Å². The van der Waals surface area contributed by atoms with Gasteiger partial charge in [-0.1, -0.05) is 20.3 Å². The van der Waals surface area contributed by atoms with Crippen molar-refractivity contribution >= 4 is 10.9 Å². The summed E-state index contributed by atoms with van der Waals surface area (Å²) >= 11 is 0. The lowest BCUT2D eigenvalue weighted by Gasteiger charge is -2.38. The zero-order valence-corrected chi connectivity index (χ0v) is 12.3. The third-order valence-corrected chi connectivity index (χ3v) is 4.92. The minimum Gasteiger partial charge on any atom is -0.293 e. The van der Waals surface area contributed by atoms with Gasteiger partial charge in [-0.3, -0.25) is 12.5 Å².